The molecule has 0 bridgehead atoms. The summed E-state index contributed by atoms with van der Waals surface area (Å²) < 4.78 is 5.35. The third kappa shape index (κ3) is 3.00. The molecule has 26 heavy (non-hydrogen) atoms. The van der Waals surface area contributed by atoms with Crippen LogP contribution in [0.4, 0.5) is 0 Å². The maximum Gasteiger partial charge on any atom is 0.276 e. The molecule has 1 aliphatic heterocycles. The van der Waals surface area contributed by atoms with Gasteiger partial charge in [-0.1, -0.05) is 25.1 Å². The van der Waals surface area contributed by atoms with Crippen LogP contribution in [0.3, 0.4) is 0 Å². The number of pyridine rings is 1. The molecule has 0 fully saturated rings. The smallest absolute Gasteiger partial charge is 0.276 e. The molecule has 4 rings (SSSR count). The topological polar surface area (TPSA) is 87.9 Å². The van der Waals surface area contributed by atoms with Gasteiger partial charge in [0.05, 0.1) is 17.7 Å². The van der Waals surface area contributed by atoms with Crippen molar-refractivity contribution in [2.24, 2.45) is 5.92 Å². The number of carbonyl (C=O) groups is 1. The zero-order chi connectivity index (χ0) is 18.1. The van der Waals surface area contributed by atoms with Gasteiger partial charge in [-0.3, -0.25) is 9.78 Å². The third-order valence-corrected chi connectivity index (χ3v) is 4.54. The van der Waals surface area contributed by atoms with Crippen molar-refractivity contribution in [1.29, 1.82) is 0 Å². The van der Waals surface area contributed by atoms with E-state index < -0.39 is 0 Å². The van der Waals surface area contributed by atoms with Gasteiger partial charge < -0.3 is 14.4 Å². The number of nitrogens with one attached hydrogen (secondary N) is 1. The largest absolute Gasteiger partial charge is 0.361 e. The molecule has 0 saturated heterocycles. The van der Waals surface area contributed by atoms with Crippen LogP contribution in [0.15, 0.2) is 41.3 Å². The number of imidazole rings is 1. The number of carbonyl (C=O) groups excluding carboxylic acids is 1. The minimum atomic E-state index is -0.330. The van der Waals surface area contributed by atoms with Crippen LogP contribution in [0.25, 0.3) is 0 Å². The normalized spacial score (nSPS) is 16.7. The molecule has 1 unspecified atom stereocenters. The summed E-state index contributed by atoms with van der Waals surface area (Å²) in [6.07, 6.45) is 4.88. The molecule has 0 saturated carbocycles. The van der Waals surface area contributed by atoms with Gasteiger partial charge in [0.2, 0.25) is 0 Å². The van der Waals surface area contributed by atoms with Crippen molar-refractivity contribution in [2.45, 2.75) is 32.7 Å². The fraction of sp³-hybridized carbons (Fsp3) is 0.368. The van der Waals surface area contributed by atoms with Crippen molar-refractivity contribution in [3.05, 3.63) is 65.3 Å². The molecule has 0 spiro atoms. The molecular formula is C19H21N5O2. The first-order valence-electron chi connectivity index (χ1n) is 8.83. The predicted octanol–water partition coefficient (Wildman–Crippen LogP) is 2.78. The predicted molar refractivity (Wildman–Crippen MR) is 94.5 cm³/mol. The Labute approximate surface area is 151 Å². The summed E-state index contributed by atoms with van der Waals surface area (Å²) >= 11 is 0. The summed E-state index contributed by atoms with van der Waals surface area (Å²) in [7, 11) is 0. The van der Waals surface area contributed by atoms with E-state index in [4.69, 9.17) is 4.52 Å². The molecule has 1 atom stereocenters. The number of amides is 1. The molecule has 1 amide bonds. The second-order valence-corrected chi connectivity index (χ2v) is 6.95. The summed E-state index contributed by atoms with van der Waals surface area (Å²) in [5.41, 5.74) is 3.01. The van der Waals surface area contributed by atoms with Gasteiger partial charge >= 0.3 is 0 Å². The average Bonchev–Trinajstić information content (AvgIpc) is 3.29. The summed E-state index contributed by atoms with van der Waals surface area (Å²) in [5.74, 6) is 1.01. The van der Waals surface area contributed by atoms with Crippen LogP contribution >= 0.6 is 0 Å². The zero-order valence-corrected chi connectivity index (χ0v) is 14.8. The van der Waals surface area contributed by atoms with Crippen LogP contribution in [0.1, 0.15) is 53.2 Å². The molecule has 4 heterocycles. The van der Waals surface area contributed by atoms with Gasteiger partial charge in [-0.15, -0.1) is 0 Å². The molecule has 0 aliphatic carbocycles. The van der Waals surface area contributed by atoms with E-state index in [-0.39, 0.29) is 11.9 Å². The average molecular weight is 351 g/mol. The van der Waals surface area contributed by atoms with Crippen molar-refractivity contribution in [3.8, 4) is 0 Å². The number of H-pyrrole nitrogens is 1. The van der Waals surface area contributed by atoms with E-state index in [2.05, 4.69) is 34.0 Å². The lowest BCUT2D eigenvalue weighted by Gasteiger charge is -2.34. The highest BCUT2D eigenvalue weighted by atomic mass is 16.5. The first kappa shape index (κ1) is 16.5. The lowest BCUT2D eigenvalue weighted by Crippen LogP contribution is -2.41. The van der Waals surface area contributed by atoms with Crippen LogP contribution in [0.5, 0.6) is 0 Å². The van der Waals surface area contributed by atoms with Crippen molar-refractivity contribution in [3.63, 3.8) is 0 Å². The monoisotopic (exact) mass is 351 g/mol. The van der Waals surface area contributed by atoms with E-state index in [0.29, 0.717) is 18.2 Å². The van der Waals surface area contributed by atoms with Gasteiger partial charge in [-0.2, -0.15) is 0 Å². The first-order valence-corrected chi connectivity index (χ1v) is 8.83. The number of hydrogen-bond acceptors (Lipinski definition) is 5. The van der Waals surface area contributed by atoms with Gasteiger partial charge in [0.25, 0.3) is 5.91 Å². The van der Waals surface area contributed by atoms with Crippen molar-refractivity contribution < 1.29 is 9.32 Å². The van der Waals surface area contributed by atoms with Crippen LogP contribution in [-0.2, 0) is 12.8 Å². The fourth-order valence-electron chi connectivity index (χ4n) is 3.39. The summed E-state index contributed by atoms with van der Waals surface area (Å²) in [5, 5.41) is 4.00. The third-order valence-electron chi connectivity index (χ3n) is 4.54. The quantitative estimate of drug-likeness (QED) is 0.781. The van der Waals surface area contributed by atoms with E-state index in [1.807, 2.05) is 18.2 Å². The summed E-state index contributed by atoms with van der Waals surface area (Å²) in [6.45, 7) is 4.78. The Hall–Kier alpha value is -2.96. The number of aromatic amines is 1. The van der Waals surface area contributed by atoms with Crippen LogP contribution in [0.2, 0.25) is 0 Å². The summed E-state index contributed by atoms with van der Waals surface area (Å²) in [4.78, 5) is 27.0. The number of rotatable bonds is 4. The zero-order valence-electron chi connectivity index (χ0n) is 14.8. The van der Waals surface area contributed by atoms with E-state index in [1.165, 1.54) is 0 Å². The minimum Gasteiger partial charge on any atom is -0.361 e. The fourth-order valence-corrected chi connectivity index (χ4v) is 3.39. The Balaban J connectivity index is 1.68. The van der Waals surface area contributed by atoms with Crippen molar-refractivity contribution in [1.82, 2.24) is 25.0 Å². The van der Waals surface area contributed by atoms with Crippen molar-refractivity contribution >= 4 is 5.91 Å². The standard InChI is InChI=1S/C19H21N5O2/c1-12(2)9-13-10-16(23-26-13)19(25)24-8-6-14-17(22-11-21-14)18(24)15-5-3-4-7-20-15/h3-5,7,10-12,18H,6,8-9H2,1-2H3,(H,21,22). The highest BCUT2D eigenvalue weighted by Crippen LogP contribution is 2.33. The Morgan fingerprint density at radius 3 is 3.04 bits per heavy atom. The number of nitrogens with zero attached hydrogens (tertiary/aromatic N) is 4. The maximum atomic E-state index is 13.2. The Morgan fingerprint density at radius 1 is 1.38 bits per heavy atom. The molecule has 1 aliphatic rings. The molecule has 7 nitrogen and oxygen atoms in total. The lowest BCUT2D eigenvalue weighted by atomic mass is 9.98. The van der Waals surface area contributed by atoms with Gasteiger partial charge in [0, 0.05) is 37.3 Å². The Morgan fingerprint density at radius 2 is 2.27 bits per heavy atom. The Bertz CT molecular complexity index is 900. The summed E-state index contributed by atoms with van der Waals surface area (Å²) in [6, 6.07) is 7.12. The molecular weight excluding hydrogens is 330 g/mol. The Kier molecular flexibility index (Phi) is 4.28. The highest BCUT2D eigenvalue weighted by Gasteiger charge is 2.36. The second-order valence-electron chi connectivity index (χ2n) is 6.95. The minimum absolute atomic E-state index is 0.159. The molecule has 0 radical (unpaired) electrons. The number of aromatic nitrogens is 4. The molecule has 7 heteroatoms. The van der Waals surface area contributed by atoms with Crippen LogP contribution in [0, 0.1) is 5.92 Å². The van der Waals surface area contributed by atoms with E-state index in [0.717, 1.165) is 35.7 Å². The number of fused-ring (bicyclic) bond motifs is 1. The number of hydrogen-bond donors (Lipinski definition) is 1. The van der Waals surface area contributed by atoms with Crippen molar-refractivity contribution in [2.75, 3.05) is 6.54 Å². The van der Waals surface area contributed by atoms with Gasteiger partial charge in [0.15, 0.2) is 5.69 Å². The van der Waals surface area contributed by atoms with Gasteiger partial charge in [-0.25, -0.2) is 4.98 Å². The molecule has 3 aromatic rings. The van der Waals surface area contributed by atoms with Gasteiger partial charge in [0.1, 0.15) is 11.8 Å². The van der Waals surface area contributed by atoms with E-state index in [9.17, 15) is 4.79 Å². The maximum absolute atomic E-state index is 13.2. The first-order chi connectivity index (χ1) is 12.6. The molecule has 3 aromatic heterocycles. The molecule has 0 aromatic carbocycles. The SMILES string of the molecule is CC(C)Cc1cc(C(=O)N2CCc3[nH]cnc3C2c2ccccn2)no1. The van der Waals surface area contributed by atoms with Gasteiger partial charge in [-0.05, 0) is 18.1 Å². The van der Waals surface area contributed by atoms with E-state index in [1.54, 1.807) is 23.5 Å². The van der Waals surface area contributed by atoms with Crippen LogP contribution in [-0.4, -0.2) is 37.5 Å². The van der Waals surface area contributed by atoms with Crippen LogP contribution < -0.4 is 0 Å². The lowest BCUT2D eigenvalue weighted by molar-refractivity contribution is 0.0676. The molecule has 134 valence electrons. The second kappa shape index (κ2) is 6.74. The highest BCUT2D eigenvalue weighted by molar-refractivity contribution is 5.93. The molecule has 1 N–H and O–H groups in total. The van der Waals surface area contributed by atoms with E-state index >= 15 is 0 Å².